The summed E-state index contributed by atoms with van der Waals surface area (Å²) in [6.07, 6.45) is 11.5. The summed E-state index contributed by atoms with van der Waals surface area (Å²) in [5, 5.41) is 0. The van der Waals surface area contributed by atoms with Crippen molar-refractivity contribution in [2.75, 3.05) is 0 Å². The molecule has 2 atom stereocenters. The summed E-state index contributed by atoms with van der Waals surface area (Å²) in [4.78, 5) is 11.8. The van der Waals surface area contributed by atoms with E-state index in [0.29, 0.717) is 11.2 Å². The quantitative estimate of drug-likeness (QED) is 0.557. The molecule has 3 aliphatic carbocycles. The third-order valence-electron chi connectivity index (χ3n) is 4.90. The lowest BCUT2D eigenvalue weighted by Crippen LogP contribution is -2.17. The van der Waals surface area contributed by atoms with Gasteiger partial charge in [-0.1, -0.05) is 25.7 Å². The molecule has 0 bridgehead atoms. The van der Waals surface area contributed by atoms with Gasteiger partial charge >= 0.3 is 0 Å². The molecule has 0 aromatic rings. The van der Waals surface area contributed by atoms with E-state index >= 15 is 0 Å². The van der Waals surface area contributed by atoms with E-state index in [2.05, 4.69) is 0 Å². The molecule has 0 N–H and O–H groups in total. The van der Waals surface area contributed by atoms with Crippen LogP contribution in [0.1, 0.15) is 57.8 Å². The molecule has 0 spiro atoms. The zero-order chi connectivity index (χ0) is 8.94. The van der Waals surface area contributed by atoms with Gasteiger partial charge in [0.25, 0.3) is 0 Å². The Bertz CT molecular complexity index is 258. The zero-order valence-corrected chi connectivity index (χ0v) is 8.27. The molecular weight excluding hydrogens is 160 g/mol. The largest absolute Gasteiger partial charge is 0.299 e. The van der Waals surface area contributed by atoms with E-state index in [1.807, 2.05) is 0 Å². The monoisotopic (exact) mass is 178 g/mol. The number of Topliss-reactive ketones (excluding diaryl/α,β-unsaturated/α-hetero) is 1. The van der Waals surface area contributed by atoms with Crippen molar-refractivity contribution in [1.82, 2.24) is 0 Å². The molecule has 2 unspecified atom stereocenters. The van der Waals surface area contributed by atoms with E-state index in [1.54, 1.807) is 0 Å². The van der Waals surface area contributed by atoms with E-state index in [4.69, 9.17) is 0 Å². The maximum Gasteiger partial charge on any atom is 0.139 e. The van der Waals surface area contributed by atoms with Crippen LogP contribution in [0.3, 0.4) is 0 Å². The Morgan fingerprint density at radius 3 is 2.54 bits per heavy atom. The second kappa shape index (κ2) is 2.37. The standard InChI is InChI=1S/C12H18O/c13-10-5-8-11-6-3-1-2-4-7-12(10,11)9-11/h1-9H2. The topological polar surface area (TPSA) is 17.1 Å². The number of hydrogen-bond donors (Lipinski definition) is 0. The fourth-order valence-electron chi connectivity index (χ4n) is 4.04. The van der Waals surface area contributed by atoms with E-state index in [-0.39, 0.29) is 5.41 Å². The van der Waals surface area contributed by atoms with Crippen LogP contribution in [-0.4, -0.2) is 5.78 Å². The Morgan fingerprint density at radius 1 is 0.923 bits per heavy atom. The Balaban J connectivity index is 1.89. The minimum Gasteiger partial charge on any atom is -0.299 e. The van der Waals surface area contributed by atoms with E-state index in [1.165, 1.54) is 51.4 Å². The summed E-state index contributed by atoms with van der Waals surface area (Å²) in [5.74, 6) is 0.620. The molecule has 0 radical (unpaired) electrons. The number of hydrogen-bond acceptors (Lipinski definition) is 1. The number of rotatable bonds is 0. The molecule has 0 heterocycles. The maximum absolute atomic E-state index is 11.8. The molecule has 0 amide bonds. The van der Waals surface area contributed by atoms with Gasteiger partial charge in [0.1, 0.15) is 5.78 Å². The Labute approximate surface area is 79.9 Å². The van der Waals surface area contributed by atoms with Crippen LogP contribution < -0.4 is 0 Å². The summed E-state index contributed by atoms with van der Waals surface area (Å²) in [6, 6.07) is 0. The molecule has 0 saturated heterocycles. The number of carbonyl (C=O) groups excluding carboxylic acids is 1. The van der Waals surface area contributed by atoms with Crippen LogP contribution in [0.5, 0.6) is 0 Å². The van der Waals surface area contributed by atoms with Crippen molar-refractivity contribution in [2.24, 2.45) is 10.8 Å². The molecular formula is C12H18O. The van der Waals surface area contributed by atoms with Crippen LogP contribution in [0, 0.1) is 10.8 Å². The van der Waals surface area contributed by atoms with Crippen molar-refractivity contribution in [3.63, 3.8) is 0 Å². The summed E-state index contributed by atoms with van der Waals surface area (Å²) in [6.45, 7) is 0. The highest BCUT2D eigenvalue weighted by Gasteiger charge is 2.72. The van der Waals surface area contributed by atoms with Crippen molar-refractivity contribution < 1.29 is 4.79 Å². The molecule has 1 nitrogen and oxygen atoms in total. The van der Waals surface area contributed by atoms with E-state index < -0.39 is 0 Å². The zero-order valence-electron chi connectivity index (χ0n) is 8.27. The van der Waals surface area contributed by atoms with Crippen molar-refractivity contribution >= 4 is 5.78 Å². The lowest BCUT2D eigenvalue weighted by atomic mass is 9.84. The first-order chi connectivity index (χ1) is 6.29. The molecule has 72 valence electrons. The summed E-state index contributed by atoms with van der Waals surface area (Å²) in [5.41, 5.74) is 0.762. The second-order valence-electron chi connectivity index (χ2n) is 5.38. The molecule has 3 fully saturated rings. The average molecular weight is 178 g/mol. The van der Waals surface area contributed by atoms with Crippen molar-refractivity contribution in [2.45, 2.75) is 57.8 Å². The normalized spacial score (nSPS) is 49.1. The minimum absolute atomic E-state index is 0.230. The summed E-state index contributed by atoms with van der Waals surface area (Å²) < 4.78 is 0. The summed E-state index contributed by atoms with van der Waals surface area (Å²) in [7, 11) is 0. The highest BCUT2D eigenvalue weighted by molar-refractivity contribution is 5.92. The summed E-state index contributed by atoms with van der Waals surface area (Å²) >= 11 is 0. The van der Waals surface area contributed by atoms with Gasteiger partial charge in [-0.15, -0.1) is 0 Å². The van der Waals surface area contributed by atoms with E-state index in [0.717, 1.165) is 6.42 Å². The fraction of sp³-hybridized carbons (Fsp3) is 0.917. The SMILES string of the molecule is O=C1CCC23CCCCCCC12C3. The number of ketones is 1. The lowest BCUT2D eigenvalue weighted by molar-refractivity contribution is -0.123. The molecule has 3 aliphatic rings. The minimum atomic E-state index is 0.230. The third-order valence-corrected chi connectivity index (χ3v) is 4.90. The molecule has 3 saturated carbocycles. The van der Waals surface area contributed by atoms with Gasteiger partial charge in [-0.25, -0.2) is 0 Å². The predicted molar refractivity (Wildman–Crippen MR) is 51.4 cm³/mol. The van der Waals surface area contributed by atoms with Crippen molar-refractivity contribution in [3.8, 4) is 0 Å². The Hall–Kier alpha value is -0.330. The van der Waals surface area contributed by atoms with Crippen LogP contribution in [0.2, 0.25) is 0 Å². The highest BCUT2D eigenvalue weighted by Crippen LogP contribution is 2.76. The van der Waals surface area contributed by atoms with Gasteiger partial charge in [0, 0.05) is 11.8 Å². The maximum atomic E-state index is 11.8. The van der Waals surface area contributed by atoms with Crippen molar-refractivity contribution in [3.05, 3.63) is 0 Å². The molecule has 0 aromatic carbocycles. The smallest absolute Gasteiger partial charge is 0.139 e. The van der Waals surface area contributed by atoms with Crippen LogP contribution in [0.25, 0.3) is 0 Å². The van der Waals surface area contributed by atoms with Crippen LogP contribution in [0.15, 0.2) is 0 Å². The molecule has 0 aliphatic heterocycles. The average Bonchev–Trinajstić information content (AvgIpc) is 2.65. The van der Waals surface area contributed by atoms with Gasteiger partial charge in [-0.05, 0) is 31.1 Å². The van der Waals surface area contributed by atoms with Gasteiger partial charge < -0.3 is 0 Å². The van der Waals surface area contributed by atoms with Crippen LogP contribution in [-0.2, 0) is 4.79 Å². The molecule has 1 heteroatoms. The first-order valence-electron chi connectivity index (χ1n) is 5.83. The third kappa shape index (κ3) is 0.858. The van der Waals surface area contributed by atoms with Gasteiger partial charge in [0.2, 0.25) is 0 Å². The second-order valence-corrected chi connectivity index (χ2v) is 5.38. The van der Waals surface area contributed by atoms with Gasteiger partial charge in [0.05, 0.1) is 0 Å². The first kappa shape index (κ1) is 8.02. The van der Waals surface area contributed by atoms with Gasteiger partial charge in [-0.3, -0.25) is 4.79 Å². The van der Waals surface area contributed by atoms with Crippen LogP contribution in [0.4, 0.5) is 0 Å². The Morgan fingerprint density at radius 2 is 1.69 bits per heavy atom. The van der Waals surface area contributed by atoms with Gasteiger partial charge in [0.15, 0.2) is 0 Å². The highest BCUT2D eigenvalue weighted by atomic mass is 16.1. The number of carbonyl (C=O) groups is 1. The first-order valence-corrected chi connectivity index (χ1v) is 5.83. The van der Waals surface area contributed by atoms with Gasteiger partial charge in [-0.2, -0.15) is 0 Å². The van der Waals surface area contributed by atoms with Crippen LogP contribution >= 0.6 is 0 Å². The lowest BCUT2D eigenvalue weighted by Gasteiger charge is -2.20. The Kier molecular flexibility index (Phi) is 1.46. The molecule has 0 aromatic heterocycles. The molecule has 3 rings (SSSR count). The fourth-order valence-corrected chi connectivity index (χ4v) is 4.04. The molecule has 13 heavy (non-hydrogen) atoms. The van der Waals surface area contributed by atoms with E-state index in [9.17, 15) is 4.79 Å². The van der Waals surface area contributed by atoms with Crippen molar-refractivity contribution in [1.29, 1.82) is 0 Å². The predicted octanol–water partition coefficient (Wildman–Crippen LogP) is 3.08.